The molecule has 0 saturated carbocycles. The maximum atomic E-state index is 14.9. The van der Waals surface area contributed by atoms with E-state index in [4.69, 9.17) is 9.47 Å². The van der Waals surface area contributed by atoms with Crippen LogP contribution in [0.4, 0.5) is 5.69 Å². The van der Waals surface area contributed by atoms with Crippen molar-refractivity contribution in [2.45, 2.75) is 65.3 Å². The largest absolute Gasteiger partial charge is 0.496 e. The number of nitrogens with one attached hydrogen (secondary N) is 5. The van der Waals surface area contributed by atoms with Crippen molar-refractivity contribution < 1.29 is 117 Å². The fraction of sp³-hybridized carbons (Fsp3) is 0.594. The monoisotopic (exact) mass is 1430 g/mol. The topological polar surface area (TPSA) is 505 Å². The lowest BCUT2D eigenvalue weighted by Gasteiger charge is -2.33. The smallest absolute Gasteiger partial charge is 0.317 e. The number of carbonyl (C=O) groups is 14. The van der Waals surface area contributed by atoms with Crippen LogP contribution >= 0.6 is 0 Å². The summed E-state index contributed by atoms with van der Waals surface area (Å²) in [5, 5.41) is 89.0. The van der Waals surface area contributed by atoms with Crippen LogP contribution in [0.15, 0.2) is 36.4 Å². The fourth-order valence-corrected chi connectivity index (χ4v) is 10.4. The minimum absolute atomic E-state index is 0.00464. The summed E-state index contributed by atoms with van der Waals surface area (Å²) in [6.45, 7) is 1.09. The molecule has 37 heteroatoms. The van der Waals surface area contributed by atoms with Crippen LogP contribution in [-0.4, -0.2) is 343 Å². The first-order valence-corrected chi connectivity index (χ1v) is 32.5. The minimum atomic E-state index is -1.54. The first-order chi connectivity index (χ1) is 47.6. The second-order valence-corrected chi connectivity index (χ2v) is 24.0. The summed E-state index contributed by atoms with van der Waals surface area (Å²) in [6.07, 6.45) is -0.553. The Morgan fingerprint density at radius 1 is 0.376 bits per heavy atom. The highest BCUT2D eigenvalue weighted by Gasteiger charge is 2.37. The summed E-state index contributed by atoms with van der Waals surface area (Å²) in [5.74, 6) is -14.0. The van der Waals surface area contributed by atoms with Crippen molar-refractivity contribution in [3.63, 3.8) is 0 Å². The first kappa shape index (κ1) is 87.4. The average molecular weight is 1430 g/mol. The van der Waals surface area contributed by atoms with E-state index in [1.54, 1.807) is 48.2 Å². The molecule has 564 valence electrons. The molecule has 37 nitrogen and oxygen atoms in total. The molecule has 1 unspecified atom stereocenters. The Labute approximate surface area is 584 Å². The Morgan fingerprint density at radius 2 is 0.713 bits per heavy atom. The van der Waals surface area contributed by atoms with Crippen LogP contribution in [0.3, 0.4) is 0 Å². The molecule has 2 aromatic rings. The van der Waals surface area contributed by atoms with Gasteiger partial charge in [0.2, 0.25) is 35.4 Å². The molecule has 0 fully saturated rings. The van der Waals surface area contributed by atoms with E-state index in [1.165, 1.54) is 38.7 Å². The molecule has 0 spiro atoms. The number of hydrogen-bond acceptors (Lipinski definition) is 23. The van der Waals surface area contributed by atoms with Gasteiger partial charge >= 0.3 is 47.8 Å². The zero-order valence-corrected chi connectivity index (χ0v) is 58.2. The van der Waals surface area contributed by atoms with E-state index in [0.29, 0.717) is 12.3 Å². The second-order valence-electron chi connectivity index (χ2n) is 24.0. The van der Waals surface area contributed by atoms with Gasteiger partial charge in [0.05, 0.1) is 86.2 Å². The summed E-state index contributed by atoms with van der Waals surface area (Å²) in [5.41, 5.74) is 2.10. The standard InChI is InChI=1S/C64H99N13O24/c1-8-65-50(78)13-14-54(82)77(45-11-9-44(10-12-45)42(2)3)63(47-30-48(100-6)46(43(4)5)29-49(47)101-7)64(99)69-31-51(79)66-15-18-70(19-16-67-52(80)32-73(36-57(87)88)25-21-71(34-55(83)84)23-27-75(38-59(91)92)39-60(93)94)20-17-68-53(81)33-74(37-58(89)90)26-22-72(35-56(85)86)24-28-76(40-61(95)96)41-62(97)98/h9-12,29-30,42-43,63H,8,13-28,31-41H2,1-7H3,(H,65,78)(H,66,79)(H,67,80)(H,68,81)(H,69,99)(H,83,84)(H,85,86)(H,87,88)(H,89,90)(H,91,92)(H,93,94)(H,95,96)(H,97,98). The summed E-state index contributed by atoms with van der Waals surface area (Å²) in [7, 11) is 2.83. The molecule has 6 amide bonds. The first-order valence-electron chi connectivity index (χ1n) is 32.5. The van der Waals surface area contributed by atoms with E-state index in [0.717, 1.165) is 20.9 Å². The van der Waals surface area contributed by atoms with Crippen molar-refractivity contribution in [3.8, 4) is 11.5 Å². The van der Waals surface area contributed by atoms with Crippen molar-refractivity contribution in [3.05, 3.63) is 53.1 Å². The highest BCUT2D eigenvalue weighted by atomic mass is 16.5. The van der Waals surface area contributed by atoms with Crippen LogP contribution in [-0.2, 0) is 67.1 Å². The van der Waals surface area contributed by atoms with Crippen molar-refractivity contribution in [1.29, 1.82) is 0 Å². The molecule has 0 radical (unpaired) electrons. The molecule has 0 aliphatic carbocycles. The Balaban J connectivity index is 2.49. The zero-order valence-electron chi connectivity index (χ0n) is 58.2. The molecule has 2 aromatic carbocycles. The van der Waals surface area contributed by atoms with Crippen molar-refractivity contribution >= 4 is 88.9 Å². The number of amides is 6. The van der Waals surface area contributed by atoms with Crippen LogP contribution in [0.5, 0.6) is 11.5 Å². The number of carbonyl (C=O) groups excluding carboxylic acids is 6. The quantitative estimate of drug-likeness (QED) is 0.0318. The maximum Gasteiger partial charge on any atom is 0.317 e. The second kappa shape index (κ2) is 46.6. The van der Waals surface area contributed by atoms with Crippen LogP contribution in [0.2, 0.25) is 0 Å². The molecule has 2 rings (SSSR count). The van der Waals surface area contributed by atoms with Crippen LogP contribution < -0.4 is 41.0 Å². The molecule has 0 aliphatic rings. The van der Waals surface area contributed by atoms with Crippen LogP contribution in [0.25, 0.3) is 0 Å². The highest BCUT2D eigenvalue weighted by molar-refractivity contribution is 6.03. The number of hydrogen-bond donors (Lipinski definition) is 13. The lowest BCUT2D eigenvalue weighted by Crippen LogP contribution is -2.49. The van der Waals surface area contributed by atoms with Gasteiger partial charge in [-0.1, -0.05) is 39.8 Å². The van der Waals surface area contributed by atoms with E-state index in [-0.39, 0.29) is 133 Å². The Morgan fingerprint density at radius 3 is 1.06 bits per heavy atom. The van der Waals surface area contributed by atoms with Crippen molar-refractivity contribution in [2.75, 3.05) is 189 Å². The van der Waals surface area contributed by atoms with Crippen LogP contribution in [0.1, 0.15) is 82.0 Å². The third-order valence-corrected chi connectivity index (χ3v) is 15.3. The molecule has 0 aliphatic heterocycles. The Bertz CT molecular complexity index is 2970. The van der Waals surface area contributed by atoms with Crippen molar-refractivity contribution in [1.82, 2.24) is 60.9 Å². The summed E-state index contributed by atoms with van der Waals surface area (Å²) < 4.78 is 11.7. The Hall–Kier alpha value is -9.66. The van der Waals surface area contributed by atoms with Gasteiger partial charge in [0.25, 0.3) is 0 Å². The molecular formula is C64H99N13O24. The average Bonchev–Trinajstić information content (AvgIpc) is 0.773. The molecule has 0 heterocycles. The van der Waals surface area contributed by atoms with E-state index >= 15 is 0 Å². The van der Waals surface area contributed by atoms with Gasteiger partial charge in [0.1, 0.15) is 17.5 Å². The van der Waals surface area contributed by atoms with Gasteiger partial charge in [-0.3, -0.25) is 106 Å². The highest BCUT2D eigenvalue weighted by Crippen LogP contribution is 2.40. The third kappa shape index (κ3) is 36.3. The summed E-state index contributed by atoms with van der Waals surface area (Å²) in [4.78, 5) is 186. The molecule has 1 atom stereocenters. The SMILES string of the molecule is CCNC(=O)CCC(=O)N(c1ccc(C(C)C)cc1)C(C(=O)NCC(=O)NCCN(CCNC(=O)CN(CCN(CCN(CC(=O)O)CC(=O)O)CC(=O)O)CC(=O)O)CCNC(=O)CN(CCN(CCN(CC(=O)O)CC(=O)O)CC(=O)O)CC(=O)O)c1cc(OC)c(C(C)C)cc1OC. The van der Waals surface area contributed by atoms with Gasteiger partial charge in [0, 0.05) is 128 Å². The molecule has 0 bridgehead atoms. The van der Waals surface area contributed by atoms with E-state index < -0.39 is 161 Å². The predicted molar refractivity (Wildman–Crippen MR) is 361 cm³/mol. The number of rotatable bonds is 55. The molecular weight excluding hydrogens is 1330 g/mol. The number of carboxylic acids is 8. The minimum Gasteiger partial charge on any atom is -0.496 e. The lowest BCUT2D eigenvalue weighted by atomic mass is 9.94. The fourth-order valence-electron chi connectivity index (χ4n) is 10.4. The number of carboxylic acid groups (broad SMARTS) is 8. The predicted octanol–water partition coefficient (Wildman–Crippen LogP) is -2.80. The van der Waals surface area contributed by atoms with Gasteiger partial charge in [-0.15, -0.1) is 0 Å². The van der Waals surface area contributed by atoms with Gasteiger partial charge < -0.3 is 76.9 Å². The maximum absolute atomic E-state index is 14.9. The Kier molecular flexibility index (Phi) is 40.4. The third-order valence-electron chi connectivity index (χ3n) is 15.3. The number of aliphatic carboxylic acids is 8. The summed E-state index contributed by atoms with van der Waals surface area (Å²) >= 11 is 0. The molecule has 0 saturated heterocycles. The van der Waals surface area contributed by atoms with Gasteiger partial charge in [-0.2, -0.15) is 0 Å². The molecule has 101 heavy (non-hydrogen) atoms. The van der Waals surface area contributed by atoms with Gasteiger partial charge in [-0.05, 0) is 48.6 Å². The summed E-state index contributed by atoms with van der Waals surface area (Å²) in [6, 6.07) is 8.68. The van der Waals surface area contributed by atoms with Gasteiger partial charge in [-0.25, -0.2) is 0 Å². The van der Waals surface area contributed by atoms with E-state index in [9.17, 15) is 108 Å². The number of anilines is 1. The number of ether oxygens (including phenoxy) is 2. The molecule has 0 aromatic heterocycles. The molecule has 13 N–H and O–H groups in total. The van der Waals surface area contributed by atoms with Crippen molar-refractivity contribution in [2.24, 2.45) is 0 Å². The van der Waals surface area contributed by atoms with Crippen LogP contribution in [0, 0.1) is 0 Å². The zero-order chi connectivity index (χ0) is 75.9. The lowest BCUT2D eigenvalue weighted by molar-refractivity contribution is -0.144. The normalized spacial score (nSPS) is 11.7. The number of nitrogens with zero attached hydrogens (tertiary/aromatic N) is 8. The van der Waals surface area contributed by atoms with E-state index in [1.807, 2.05) is 27.7 Å². The van der Waals surface area contributed by atoms with Gasteiger partial charge in [0.15, 0.2) is 0 Å². The number of methoxy groups -OCH3 is 2. The van der Waals surface area contributed by atoms with E-state index in [2.05, 4.69) is 26.6 Å². The number of benzene rings is 2.